The molecule has 0 bridgehead atoms. The molecule has 0 saturated heterocycles. The van der Waals surface area contributed by atoms with Crippen molar-refractivity contribution in [2.75, 3.05) is 0 Å². The second-order valence-electron chi connectivity index (χ2n) is 7.02. The number of nitrogens with one attached hydrogen (secondary N) is 1. The quantitative estimate of drug-likeness (QED) is 0.787. The molecule has 0 aliphatic heterocycles. The molecule has 140 valence electrons. The lowest BCUT2D eigenvalue weighted by Crippen LogP contribution is -2.46. The molecule has 7 heteroatoms. The predicted octanol–water partition coefficient (Wildman–Crippen LogP) is 4.30. The number of hydrogen-bond donors (Lipinski definition) is 1. The summed E-state index contributed by atoms with van der Waals surface area (Å²) in [6.45, 7) is 6.29. The predicted molar refractivity (Wildman–Crippen MR) is 99.1 cm³/mol. The highest BCUT2D eigenvalue weighted by atomic mass is 32.2. The van der Waals surface area contributed by atoms with Crippen LogP contribution in [0.2, 0.25) is 0 Å². The molecule has 1 aliphatic rings. The number of nitrogens with zero attached hydrogens (tertiary/aromatic N) is 2. The van der Waals surface area contributed by atoms with E-state index >= 15 is 0 Å². The van der Waals surface area contributed by atoms with Gasteiger partial charge in [-0.05, 0) is 49.4 Å². The highest BCUT2D eigenvalue weighted by molar-refractivity contribution is 8.00. The van der Waals surface area contributed by atoms with Gasteiger partial charge in [0.25, 0.3) is 5.22 Å². The first-order valence-corrected chi connectivity index (χ1v) is 9.88. The number of hydrogen-bond acceptors (Lipinski definition) is 5. The first-order chi connectivity index (χ1) is 12.4. The second kappa shape index (κ2) is 8.20. The molecule has 1 fully saturated rings. The summed E-state index contributed by atoms with van der Waals surface area (Å²) in [4.78, 5) is 12.5. The molecule has 2 aromatic rings. The van der Waals surface area contributed by atoms with E-state index in [2.05, 4.69) is 29.4 Å². The summed E-state index contributed by atoms with van der Waals surface area (Å²) in [6.07, 6.45) is 3.42. The number of benzene rings is 1. The van der Waals surface area contributed by atoms with Crippen LogP contribution in [0.3, 0.4) is 0 Å². The SMILES string of the molecule is CC(Sc1nnc(-c2ccc(F)cc2)o1)C(=O)NC1CCCC(C)C1C. The fourth-order valence-corrected chi connectivity index (χ4v) is 3.95. The van der Waals surface area contributed by atoms with Crippen molar-refractivity contribution in [1.82, 2.24) is 15.5 Å². The largest absolute Gasteiger partial charge is 0.411 e. The summed E-state index contributed by atoms with van der Waals surface area (Å²) >= 11 is 1.23. The monoisotopic (exact) mass is 377 g/mol. The van der Waals surface area contributed by atoms with Gasteiger partial charge in [0.1, 0.15) is 5.82 Å². The van der Waals surface area contributed by atoms with Crippen molar-refractivity contribution in [3.05, 3.63) is 30.1 Å². The molecule has 0 spiro atoms. The molecule has 1 aliphatic carbocycles. The fraction of sp³-hybridized carbons (Fsp3) is 0.526. The third-order valence-corrected chi connectivity index (χ3v) is 6.11. The van der Waals surface area contributed by atoms with Gasteiger partial charge in [0.05, 0.1) is 5.25 Å². The number of aromatic nitrogens is 2. The van der Waals surface area contributed by atoms with Crippen LogP contribution in [0.4, 0.5) is 4.39 Å². The third kappa shape index (κ3) is 4.44. The van der Waals surface area contributed by atoms with Crippen molar-refractivity contribution in [3.8, 4) is 11.5 Å². The van der Waals surface area contributed by atoms with Crippen LogP contribution >= 0.6 is 11.8 Å². The Morgan fingerprint density at radius 2 is 2.00 bits per heavy atom. The van der Waals surface area contributed by atoms with Gasteiger partial charge < -0.3 is 9.73 Å². The van der Waals surface area contributed by atoms with E-state index in [0.29, 0.717) is 28.5 Å². The number of thioether (sulfide) groups is 1. The van der Waals surface area contributed by atoms with E-state index in [-0.39, 0.29) is 23.0 Å². The first kappa shape index (κ1) is 18.9. The smallest absolute Gasteiger partial charge is 0.277 e. The van der Waals surface area contributed by atoms with Gasteiger partial charge in [-0.25, -0.2) is 4.39 Å². The van der Waals surface area contributed by atoms with Crippen LogP contribution < -0.4 is 5.32 Å². The molecule has 1 N–H and O–H groups in total. The Balaban J connectivity index is 1.58. The van der Waals surface area contributed by atoms with Gasteiger partial charge >= 0.3 is 0 Å². The van der Waals surface area contributed by atoms with Gasteiger partial charge in [0.15, 0.2) is 0 Å². The van der Waals surface area contributed by atoms with Crippen molar-refractivity contribution in [2.45, 2.75) is 56.5 Å². The summed E-state index contributed by atoms with van der Waals surface area (Å²) < 4.78 is 18.6. The molecule has 26 heavy (non-hydrogen) atoms. The maximum atomic E-state index is 13.0. The Morgan fingerprint density at radius 3 is 2.73 bits per heavy atom. The minimum absolute atomic E-state index is 0.0116. The summed E-state index contributed by atoms with van der Waals surface area (Å²) in [7, 11) is 0. The lowest BCUT2D eigenvalue weighted by molar-refractivity contribution is -0.121. The average molecular weight is 377 g/mol. The molecule has 3 rings (SSSR count). The van der Waals surface area contributed by atoms with E-state index < -0.39 is 0 Å². The summed E-state index contributed by atoms with van der Waals surface area (Å²) in [6, 6.07) is 6.08. The Bertz CT molecular complexity index is 749. The van der Waals surface area contributed by atoms with Crippen LogP contribution in [0.1, 0.15) is 40.0 Å². The van der Waals surface area contributed by atoms with Crippen LogP contribution in [0.25, 0.3) is 11.5 Å². The number of halogens is 1. The van der Waals surface area contributed by atoms with Crippen molar-refractivity contribution in [2.24, 2.45) is 11.8 Å². The van der Waals surface area contributed by atoms with Crippen LogP contribution in [0, 0.1) is 17.7 Å². The van der Waals surface area contributed by atoms with Crippen molar-refractivity contribution in [1.29, 1.82) is 0 Å². The first-order valence-electron chi connectivity index (χ1n) is 9.00. The fourth-order valence-electron chi connectivity index (χ4n) is 3.26. The maximum absolute atomic E-state index is 13.0. The molecule has 1 aromatic carbocycles. The van der Waals surface area contributed by atoms with Crippen LogP contribution in [0.5, 0.6) is 0 Å². The van der Waals surface area contributed by atoms with Gasteiger partial charge in [0, 0.05) is 11.6 Å². The Labute approximate surface area is 157 Å². The zero-order valence-corrected chi connectivity index (χ0v) is 16.1. The van der Waals surface area contributed by atoms with Gasteiger partial charge in [-0.3, -0.25) is 4.79 Å². The highest BCUT2D eigenvalue weighted by Gasteiger charge is 2.29. The van der Waals surface area contributed by atoms with E-state index in [0.717, 1.165) is 12.8 Å². The number of rotatable bonds is 5. The Hall–Kier alpha value is -1.89. The Morgan fingerprint density at radius 1 is 1.27 bits per heavy atom. The molecule has 1 heterocycles. The molecule has 4 unspecified atom stereocenters. The van der Waals surface area contributed by atoms with E-state index in [1.165, 1.54) is 30.3 Å². The number of carbonyl (C=O) groups is 1. The Kier molecular flexibility index (Phi) is 5.96. The normalized spacial score (nSPS) is 24.2. The van der Waals surface area contributed by atoms with E-state index in [1.54, 1.807) is 12.1 Å². The molecule has 0 radical (unpaired) electrons. The molecule has 1 amide bonds. The van der Waals surface area contributed by atoms with E-state index in [1.807, 2.05) is 6.92 Å². The summed E-state index contributed by atoms with van der Waals surface area (Å²) in [5, 5.41) is 11.1. The van der Waals surface area contributed by atoms with Gasteiger partial charge in [-0.1, -0.05) is 38.5 Å². The lowest BCUT2D eigenvalue weighted by atomic mass is 9.78. The summed E-state index contributed by atoms with van der Waals surface area (Å²) in [5.74, 6) is 1.10. The minimum atomic E-state index is -0.332. The van der Waals surface area contributed by atoms with Gasteiger partial charge in [0.2, 0.25) is 11.8 Å². The lowest BCUT2D eigenvalue weighted by Gasteiger charge is -2.35. The standard InChI is InChI=1S/C19H24FN3O2S/c1-11-5-4-6-16(12(11)2)21-17(24)13(3)26-19-23-22-18(25-19)14-7-9-15(20)10-8-14/h7-13,16H,4-6H2,1-3H3,(H,21,24). The van der Waals surface area contributed by atoms with Gasteiger partial charge in [-0.2, -0.15) is 0 Å². The van der Waals surface area contributed by atoms with Crippen LogP contribution in [-0.4, -0.2) is 27.4 Å². The second-order valence-corrected chi connectivity index (χ2v) is 8.31. The number of amides is 1. The maximum Gasteiger partial charge on any atom is 0.277 e. The minimum Gasteiger partial charge on any atom is -0.411 e. The van der Waals surface area contributed by atoms with E-state index in [4.69, 9.17) is 4.42 Å². The molecule has 1 saturated carbocycles. The third-order valence-electron chi connectivity index (χ3n) is 5.18. The van der Waals surface area contributed by atoms with Crippen LogP contribution in [-0.2, 0) is 4.79 Å². The van der Waals surface area contributed by atoms with Gasteiger partial charge in [-0.15, -0.1) is 10.2 Å². The van der Waals surface area contributed by atoms with E-state index in [9.17, 15) is 9.18 Å². The molecular weight excluding hydrogens is 353 g/mol. The topological polar surface area (TPSA) is 68.0 Å². The molecule has 4 atom stereocenters. The number of carbonyl (C=O) groups excluding carboxylic acids is 1. The molecular formula is C19H24FN3O2S. The van der Waals surface area contributed by atoms with Crippen molar-refractivity contribution in [3.63, 3.8) is 0 Å². The summed E-state index contributed by atoms with van der Waals surface area (Å²) in [5.41, 5.74) is 0.646. The highest BCUT2D eigenvalue weighted by Crippen LogP contribution is 2.30. The van der Waals surface area contributed by atoms with Crippen molar-refractivity contribution < 1.29 is 13.6 Å². The van der Waals surface area contributed by atoms with Crippen LogP contribution in [0.15, 0.2) is 33.9 Å². The van der Waals surface area contributed by atoms with Crippen molar-refractivity contribution >= 4 is 17.7 Å². The molecule has 1 aromatic heterocycles. The zero-order chi connectivity index (χ0) is 18.7. The molecule has 5 nitrogen and oxygen atoms in total. The zero-order valence-electron chi connectivity index (χ0n) is 15.2. The average Bonchev–Trinajstić information content (AvgIpc) is 3.08.